The van der Waals surface area contributed by atoms with Gasteiger partial charge in [0.25, 0.3) is 11.8 Å². The van der Waals surface area contributed by atoms with E-state index >= 15 is 0 Å². The fourth-order valence-electron chi connectivity index (χ4n) is 3.86. The van der Waals surface area contributed by atoms with E-state index in [1.54, 1.807) is 36.4 Å². The van der Waals surface area contributed by atoms with Crippen molar-refractivity contribution in [3.05, 3.63) is 93.6 Å². The Hall–Kier alpha value is -3.64. The lowest BCUT2D eigenvalue weighted by Crippen LogP contribution is -2.21. The largest absolute Gasteiger partial charge is 0.355 e. The van der Waals surface area contributed by atoms with Gasteiger partial charge in [-0.05, 0) is 48.4 Å². The molecule has 2 amide bonds. The van der Waals surface area contributed by atoms with Crippen LogP contribution in [0, 0.1) is 6.92 Å². The molecular formula is C23H16ClN3O3. The van der Waals surface area contributed by atoms with E-state index in [9.17, 15) is 9.59 Å². The molecule has 1 unspecified atom stereocenters. The van der Waals surface area contributed by atoms with Crippen LogP contribution in [0.1, 0.15) is 43.6 Å². The predicted molar refractivity (Wildman–Crippen MR) is 114 cm³/mol. The van der Waals surface area contributed by atoms with Crippen LogP contribution in [0.25, 0.3) is 11.0 Å². The molecule has 0 bridgehead atoms. The van der Waals surface area contributed by atoms with Crippen molar-refractivity contribution >= 4 is 40.1 Å². The third-order valence-electron chi connectivity index (χ3n) is 5.31. The zero-order chi connectivity index (χ0) is 20.8. The van der Waals surface area contributed by atoms with E-state index < -0.39 is 5.91 Å². The van der Waals surface area contributed by atoms with Crippen molar-refractivity contribution in [2.75, 3.05) is 5.32 Å². The van der Waals surface area contributed by atoms with Crippen molar-refractivity contribution in [2.45, 2.75) is 13.0 Å². The highest BCUT2D eigenvalue weighted by Crippen LogP contribution is 2.37. The van der Waals surface area contributed by atoms with Gasteiger partial charge in [0.05, 0.1) is 11.4 Å². The van der Waals surface area contributed by atoms with Gasteiger partial charge in [-0.2, -0.15) is 0 Å². The van der Waals surface area contributed by atoms with Gasteiger partial charge in [-0.15, -0.1) is 0 Å². The third-order valence-corrected chi connectivity index (χ3v) is 5.54. The van der Waals surface area contributed by atoms with Crippen molar-refractivity contribution in [3.63, 3.8) is 0 Å². The molecule has 0 aliphatic carbocycles. The van der Waals surface area contributed by atoms with E-state index in [0.717, 1.165) is 16.7 Å². The van der Waals surface area contributed by atoms with E-state index in [2.05, 4.69) is 15.8 Å². The minimum Gasteiger partial charge on any atom is -0.355 e. The summed E-state index contributed by atoms with van der Waals surface area (Å²) in [7, 11) is 0. The Labute approximate surface area is 176 Å². The summed E-state index contributed by atoms with van der Waals surface area (Å²) in [5.41, 5.74) is 4.44. The monoisotopic (exact) mass is 417 g/mol. The average molecular weight is 418 g/mol. The molecule has 1 aliphatic heterocycles. The molecule has 6 nitrogen and oxygen atoms in total. The Morgan fingerprint density at radius 3 is 2.80 bits per heavy atom. The molecule has 1 aromatic heterocycles. The zero-order valence-electron chi connectivity index (χ0n) is 15.9. The van der Waals surface area contributed by atoms with E-state index in [1.165, 1.54) is 0 Å². The Bertz CT molecular complexity index is 1330. The maximum Gasteiger partial charge on any atom is 0.278 e. The molecule has 0 radical (unpaired) electrons. The highest BCUT2D eigenvalue weighted by atomic mass is 35.5. The van der Waals surface area contributed by atoms with Gasteiger partial charge in [0.1, 0.15) is 0 Å². The van der Waals surface area contributed by atoms with Gasteiger partial charge in [-0.1, -0.05) is 47.1 Å². The van der Waals surface area contributed by atoms with Crippen molar-refractivity contribution < 1.29 is 14.1 Å². The van der Waals surface area contributed by atoms with Crippen LogP contribution >= 0.6 is 11.6 Å². The van der Waals surface area contributed by atoms with Crippen LogP contribution in [0.5, 0.6) is 0 Å². The third kappa shape index (κ3) is 2.93. The molecule has 30 heavy (non-hydrogen) atoms. The molecule has 2 N–H and O–H groups in total. The summed E-state index contributed by atoms with van der Waals surface area (Å²) in [6.45, 7) is 1.99. The van der Waals surface area contributed by atoms with Crippen LogP contribution in [0.3, 0.4) is 0 Å². The Balaban J connectivity index is 1.57. The number of anilines is 1. The summed E-state index contributed by atoms with van der Waals surface area (Å²) < 4.78 is 5.24. The van der Waals surface area contributed by atoms with E-state index in [-0.39, 0.29) is 17.6 Å². The number of fused-ring (bicyclic) bond motifs is 2. The lowest BCUT2D eigenvalue weighted by Gasteiger charge is -2.18. The molecule has 3 aromatic carbocycles. The number of amides is 2. The van der Waals surface area contributed by atoms with Crippen molar-refractivity contribution in [1.29, 1.82) is 0 Å². The summed E-state index contributed by atoms with van der Waals surface area (Å²) in [6, 6.07) is 17.7. The lowest BCUT2D eigenvalue weighted by molar-refractivity contribution is 0.0959. The molecule has 0 fully saturated rings. The van der Waals surface area contributed by atoms with Gasteiger partial charge in [-0.25, -0.2) is 0 Å². The van der Waals surface area contributed by atoms with Gasteiger partial charge < -0.3 is 15.2 Å². The number of carbonyl (C=O) groups is 2. The van der Waals surface area contributed by atoms with Crippen LogP contribution in [-0.2, 0) is 0 Å². The number of benzene rings is 3. The number of nitrogens with zero attached hydrogens (tertiary/aromatic N) is 1. The Kier molecular flexibility index (Phi) is 4.29. The first-order valence-corrected chi connectivity index (χ1v) is 9.76. The molecular weight excluding hydrogens is 402 g/mol. The van der Waals surface area contributed by atoms with Gasteiger partial charge in [0.2, 0.25) is 0 Å². The molecule has 5 rings (SSSR count). The van der Waals surface area contributed by atoms with Crippen molar-refractivity contribution in [2.24, 2.45) is 0 Å². The van der Waals surface area contributed by atoms with Gasteiger partial charge >= 0.3 is 0 Å². The standard InChI is InChI=1S/C23H16ClN3O3/c1-12-5-2-3-6-14(12)20-19-15(22(28)26-20)7-4-8-17(19)25-23(29)21-16-11-13(24)9-10-18(16)30-27-21/h2-11,20H,1H3,(H,25,29)(H,26,28). The van der Waals surface area contributed by atoms with E-state index in [4.69, 9.17) is 16.1 Å². The number of carbonyl (C=O) groups excluding carboxylic acids is 2. The number of aromatic nitrogens is 1. The first-order valence-electron chi connectivity index (χ1n) is 9.38. The quantitative estimate of drug-likeness (QED) is 0.497. The van der Waals surface area contributed by atoms with Crippen LogP contribution in [0.4, 0.5) is 5.69 Å². The minimum atomic E-state index is -0.438. The summed E-state index contributed by atoms with van der Waals surface area (Å²) in [6.07, 6.45) is 0. The van der Waals surface area contributed by atoms with Gasteiger partial charge in [-0.3, -0.25) is 9.59 Å². The van der Waals surface area contributed by atoms with Gasteiger partial charge in [0.15, 0.2) is 11.3 Å². The number of aryl methyl sites for hydroxylation is 1. The number of nitrogens with one attached hydrogen (secondary N) is 2. The number of rotatable bonds is 3. The number of hydrogen-bond acceptors (Lipinski definition) is 4. The van der Waals surface area contributed by atoms with Crippen molar-refractivity contribution in [3.8, 4) is 0 Å². The zero-order valence-corrected chi connectivity index (χ0v) is 16.7. The normalized spacial score (nSPS) is 15.1. The van der Waals surface area contributed by atoms with Gasteiger partial charge in [0, 0.05) is 21.8 Å². The fraction of sp³-hybridized carbons (Fsp3) is 0.0870. The van der Waals surface area contributed by atoms with Crippen LogP contribution in [0.2, 0.25) is 5.02 Å². The number of hydrogen-bond donors (Lipinski definition) is 2. The number of halogens is 1. The minimum absolute atomic E-state index is 0.134. The molecule has 7 heteroatoms. The molecule has 1 atom stereocenters. The van der Waals surface area contributed by atoms with Crippen LogP contribution in [0.15, 0.2) is 65.2 Å². The maximum absolute atomic E-state index is 13.0. The second-order valence-corrected chi connectivity index (χ2v) is 7.59. The summed E-state index contributed by atoms with van der Waals surface area (Å²) in [4.78, 5) is 25.6. The lowest BCUT2D eigenvalue weighted by atomic mass is 9.93. The molecule has 148 valence electrons. The summed E-state index contributed by atoms with van der Waals surface area (Å²) >= 11 is 6.06. The summed E-state index contributed by atoms with van der Waals surface area (Å²) in [5, 5.41) is 10.8. The smallest absolute Gasteiger partial charge is 0.278 e. The highest BCUT2D eigenvalue weighted by molar-refractivity contribution is 6.31. The fourth-order valence-corrected chi connectivity index (χ4v) is 4.04. The molecule has 4 aromatic rings. The van der Waals surface area contributed by atoms with Crippen LogP contribution in [-0.4, -0.2) is 17.0 Å². The first kappa shape index (κ1) is 18.4. The summed E-state index contributed by atoms with van der Waals surface area (Å²) in [5.74, 6) is -0.611. The topological polar surface area (TPSA) is 84.2 Å². The second kappa shape index (κ2) is 7.00. The van der Waals surface area contributed by atoms with Crippen LogP contribution < -0.4 is 10.6 Å². The van der Waals surface area contributed by atoms with E-state index in [1.807, 2.05) is 31.2 Å². The molecule has 1 aliphatic rings. The molecule has 0 spiro atoms. The Morgan fingerprint density at radius 1 is 1.13 bits per heavy atom. The van der Waals surface area contributed by atoms with E-state index in [0.29, 0.717) is 27.2 Å². The molecule has 0 saturated carbocycles. The van der Waals surface area contributed by atoms with Crippen molar-refractivity contribution in [1.82, 2.24) is 10.5 Å². The molecule has 0 saturated heterocycles. The SMILES string of the molecule is Cc1ccccc1C1NC(=O)c2cccc(NC(=O)c3noc4ccc(Cl)cc34)c21. The Morgan fingerprint density at radius 2 is 1.97 bits per heavy atom. The second-order valence-electron chi connectivity index (χ2n) is 7.16. The highest BCUT2D eigenvalue weighted by Gasteiger charge is 2.33. The maximum atomic E-state index is 13.0. The predicted octanol–water partition coefficient (Wildman–Crippen LogP) is 4.87. The first-order chi connectivity index (χ1) is 14.5. The average Bonchev–Trinajstić information content (AvgIpc) is 3.30. The molecule has 2 heterocycles.